The van der Waals surface area contributed by atoms with Crippen molar-refractivity contribution in [3.8, 4) is 0 Å². The number of likely N-dealkylation sites (N-methyl/N-ethyl adjacent to an activating group) is 1. The minimum Gasteiger partial charge on any atom is -0.396 e. The van der Waals surface area contributed by atoms with Gasteiger partial charge in [-0.05, 0) is 36.2 Å². The van der Waals surface area contributed by atoms with Crippen LogP contribution in [0, 0.1) is 5.92 Å². The van der Waals surface area contributed by atoms with Crippen LogP contribution in [0.1, 0.15) is 18.0 Å². The number of ether oxygens (including phenoxy) is 1. The van der Waals surface area contributed by atoms with Gasteiger partial charge in [0.2, 0.25) is 10.0 Å². The molecule has 0 spiro atoms. The smallest absolute Gasteiger partial charge is 0.244 e. The zero-order valence-corrected chi connectivity index (χ0v) is 21.4. The number of aromatic nitrogens is 1. The number of nitrogens with one attached hydrogen (secondary N) is 1. The van der Waals surface area contributed by atoms with E-state index >= 15 is 0 Å². The van der Waals surface area contributed by atoms with Gasteiger partial charge in [-0.3, -0.25) is 4.98 Å². The first-order valence-corrected chi connectivity index (χ1v) is 13.3. The molecule has 1 fully saturated rings. The zero-order chi connectivity index (χ0) is 25.2. The molecule has 3 N–H and O–H groups in total. The summed E-state index contributed by atoms with van der Waals surface area (Å²) >= 11 is 12.5. The molecule has 188 valence electrons. The van der Waals surface area contributed by atoms with Crippen molar-refractivity contribution in [1.29, 1.82) is 0 Å². The summed E-state index contributed by atoms with van der Waals surface area (Å²) in [6.07, 6.45) is 3.86. The van der Waals surface area contributed by atoms with Crippen LogP contribution in [0.5, 0.6) is 0 Å². The van der Waals surface area contributed by atoms with Crippen LogP contribution in [-0.4, -0.2) is 67.4 Å². The van der Waals surface area contributed by atoms with E-state index in [4.69, 9.17) is 27.9 Å². The zero-order valence-electron chi connectivity index (χ0n) is 19.1. The van der Waals surface area contributed by atoms with Crippen molar-refractivity contribution in [2.45, 2.75) is 23.4 Å². The van der Waals surface area contributed by atoms with E-state index in [0.717, 1.165) is 9.99 Å². The topological polar surface area (TPSA) is 112 Å². The lowest BCUT2D eigenvalue weighted by molar-refractivity contribution is 0.0226. The number of pyridine rings is 1. The fraction of sp³-hybridized carbons (Fsp3) is 0.375. The average molecular weight is 540 g/mol. The number of sulfonamides is 1. The lowest BCUT2D eigenvalue weighted by atomic mass is 9.96. The van der Waals surface area contributed by atoms with Gasteiger partial charge in [0.05, 0.1) is 40.8 Å². The van der Waals surface area contributed by atoms with E-state index in [9.17, 15) is 18.6 Å². The Morgan fingerprint density at radius 1 is 1.20 bits per heavy atom. The molecule has 0 bridgehead atoms. The number of nitrogens with zero attached hydrogens (tertiary/aromatic N) is 2. The maximum Gasteiger partial charge on any atom is 0.244 e. The van der Waals surface area contributed by atoms with Gasteiger partial charge in [0, 0.05) is 54.5 Å². The van der Waals surface area contributed by atoms with Crippen molar-refractivity contribution in [2.75, 3.05) is 38.8 Å². The van der Waals surface area contributed by atoms with Crippen LogP contribution >= 0.6 is 23.2 Å². The number of rotatable bonds is 8. The molecule has 1 unspecified atom stereocenters. The fourth-order valence-electron chi connectivity index (χ4n) is 4.39. The van der Waals surface area contributed by atoms with Crippen LogP contribution in [0.4, 0.5) is 5.69 Å². The van der Waals surface area contributed by atoms with Crippen molar-refractivity contribution < 1.29 is 23.4 Å². The van der Waals surface area contributed by atoms with Gasteiger partial charge in [-0.15, -0.1) is 0 Å². The summed E-state index contributed by atoms with van der Waals surface area (Å²) in [4.78, 5) is 4.27. The maximum absolute atomic E-state index is 13.8. The standard InChI is InChI=1S/C24H27Cl2N3O5S/c1-29(22(13-31)17-3-2-4-19(25)24(17)26)35(32,33)23-6-5-21(18-11-27-9-7-16(18)23)28-20-8-10-34-14-15(20)12-30/h2-7,9,11,15,20,22,28,30-31H,8,10,12-14H2,1H3/t15-,20+,22?/m0/s1. The summed E-state index contributed by atoms with van der Waals surface area (Å²) in [5, 5.41) is 24.8. The highest BCUT2D eigenvalue weighted by Crippen LogP contribution is 2.37. The summed E-state index contributed by atoms with van der Waals surface area (Å²) in [5.74, 6) is -0.0715. The number of anilines is 1. The number of aliphatic hydroxyl groups excluding tert-OH is 2. The van der Waals surface area contributed by atoms with Gasteiger partial charge in [0.1, 0.15) is 0 Å². The van der Waals surface area contributed by atoms with E-state index in [1.807, 2.05) is 0 Å². The highest BCUT2D eigenvalue weighted by molar-refractivity contribution is 7.89. The molecule has 0 saturated carbocycles. The van der Waals surface area contributed by atoms with Crippen LogP contribution in [0.25, 0.3) is 10.8 Å². The third-order valence-corrected chi connectivity index (χ3v) is 9.20. The molecular formula is C24H27Cl2N3O5S. The normalized spacial score (nSPS) is 19.7. The largest absolute Gasteiger partial charge is 0.396 e. The summed E-state index contributed by atoms with van der Waals surface area (Å²) < 4.78 is 34.1. The molecule has 0 radical (unpaired) electrons. The summed E-state index contributed by atoms with van der Waals surface area (Å²) in [5.41, 5.74) is 1.13. The molecule has 1 aliphatic heterocycles. The second kappa shape index (κ2) is 11.0. The summed E-state index contributed by atoms with van der Waals surface area (Å²) in [6, 6.07) is 8.83. The van der Waals surface area contributed by atoms with E-state index in [0.29, 0.717) is 36.0 Å². The second-order valence-electron chi connectivity index (χ2n) is 8.45. The highest BCUT2D eigenvalue weighted by atomic mass is 35.5. The molecule has 1 aromatic heterocycles. The molecule has 2 heterocycles. The number of hydrogen-bond donors (Lipinski definition) is 3. The average Bonchev–Trinajstić information content (AvgIpc) is 2.87. The van der Waals surface area contributed by atoms with E-state index in [1.165, 1.54) is 19.3 Å². The van der Waals surface area contributed by atoms with E-state index in [2.05, 4.69) is 10.3 Å². The van der Waals surface area contributed by atoms with Crippen molar-refractivity contribution in [2.24, 2.45) is 5.92 Å². The van der Waals surface area contributed by atoms with Gasteiger partial charge in [-0.2, -0.15) is 4.31 Å². The first-order valence-electron chi connectivity index (χ1n) is 11.1. The lowest BCUT2D eigenvalue weighted by Crippen LogP contribution is -2.39. The van der Waals surface area contributed by atoms with Gasteiger partial charge in [0.25, 0.3) is 0 Å². The van der Waals surface area contributed by atoms with Gasteiger partial charge < -0.3 is 20.3 Å². The summed E-state index contributed by atoms with van der Waals surface area (Å²) in [6.45, 7) is 0.535. The molecule has 1 aliphatic rings. The molecule has 0 aliphatic carbocycles. The molecule has 4 rings (SSSR count). The van der Waals surface area contributed by atoms with Gasteiger partial charge in [0.15, 0.2) is 0 Å². The Kier molecular flexibility index (Phi) is 8.17. The Morgan fingerprint density at radius 3 is 2.74 bits per heavy atom. The third-order valence-electron chi connectivity index (χ3n) is 6.44. The summed E-state index contributed by atoms with van der Waals surface area (Å²) in [7, 11) is -2.66. The highest BCUT2D eigenvalue weighted by Gasteiger charge is 2.32. The number of fused-ring (bicyclic) bond motifs is 1. The molecule has 3 atom stereocenters. The quantitative estimate of drug-likeness (QED) is 0.400. The number of halogens is 2. The Morgan fingerprint density at radius 2 is 2.00 bits per heavy atom. The molecule has 8 nitrogen and oxygen atoms in total. The first kappa shape index (κ1) is 26.1. The molecule has 3 aromatic rings. The number of benzene rings is 2. The number of hydrogen-bond acceptors (Lipinski definition) is 7. The van der Waals surface area contributed by atoms with Crippen LogP contribution in [0.3, 0.4) is 0 Å². The predicted octanol–water partition coefficient (Wildman–Crippen LogP) is 3.71. The molecule has 35 heavy (non-hydrogen) atoms. The SMILES string of the molecule is CN(C(CO)c1cccc(Cl)c1Cl)S(=O)(=O)c1ccc(N[C@@H]2CCOC[C@@H]2CO)c2cnccc12. The van der Waals surface area contributed by atoms with Gasteiger partial charge in [-0.25, -0.2) is 8.42 Å². The van der Waals surface area contributed by atoms with Crippen LogP contribution in [-0.2, 0) is 14.8 Å². The van der Waals surface area contributed by atoms with E-state index < -0.39 is 22.7 Å². The van der Waals surface area contributed by atoms with Crippen molar-refractivity contribution >= 4 is 49.7 Å². The third kappa shape index (κ3) is 5.13. The van der Waals surface area contributed by atoms with Crippen LogP contribution < -0.4 is 5.32 Å². The predicted molar refractivity (Wildman–Crippen MR) is 136 cm³/mol. The fourth-order valence-corrected chi connectivity index (χ4v) is 6.34. The monoisotopic (exact) mass is 539 g/mol. The van der Waals surface area contributed by atoms with E-state index in [1.54, 1.807) is 36.5 Å². The second-order valence-corrected chi connectivity index (χ2v) is 11.2. The Labute approximate surface area is 214 Å². The van der Waals surface area contributed by atoms with Gasteiger partial charge >= 0.3 is 0 Å². The Balaban J connectivity index is 1.73. The Hall–Kier alpha value is -1.98. The van der Waals surface area contributed by atoms with Crippen molar-refractivity contribution in [3.05, 3.63) is 64.4 Å². The molecule has 2 aromatic carbocycles. The minimum atomic E-state index is -4.06. The maximum atomic E-state index is 13.8. The molecule has 0 amide bonds. The first-order chi connectivity index (χ1) is 16.8. The van der Waals surface area contributed by atoms with Crippen LogP contribution in [0.2, 0.25) is 10.0 Å². The lowest BCUT2D eigenvalue weighted by Gasteiger charge is -2.32. The number of aliphatic hydroxyl groups is 2. The minimum absolute atomic E-state index is 0.0142. The molecule has 11 heteroatoms. The Bertz CT molecular complexity index is 1310. The molecular weight excluding hydrogens is 513 g/mol. The van der Waals surface area contributed by atoms with Crippen molar-refractivity contribution in [1.82, 2.24) is 9.29 Å². The van der Waals surface area contributed by atoms with Crippen molar-refractivity contribution in [3.63, 3.8) is 0 Å². The molecule has 1 saturated heterocycles. The van der Waals surface area contributed by atoms with Gasteiger partial charge in [-0.1, -0.05) is 35.3 Å². The van der Waals surface area contributed by atoms with Crippen LogP contribution in [0.15, 0.2) is 53.7 Å². The van der Waals surface area contributed by atoms with E-state index in [-0.39, 0.29) is 33.5 Å².